The van der Waals surface area contributed by atoms with E-state index >= 15 is 0 Å². The van der Waals surface area contributed by atoms with Gasteiger partial charge in [-0.05, 0) is 31.2 Å². The van der Waals surface area contributed by atoms with Crippen LogP contribution in [0, 0.1) is 0 Å². The van der Waals surface area contributed by atoms with Crippen LogP contribution < -0.4 is 4.72 Å². The monoisotopic (exact) mass is 315 g/mol. The number of aromatic nitrogens is 2. The Morgan fingerprint density at radius 2 is 1.91 bits per heavy atom. The van der Waals surface area contributed by atoms with Gasteiger partial charge in [0.15, 0.2) is 5.78 Å². The zero-order valence-corrected chi connectivity index (χ0v) is 12.5. The summed E-state index contributed by atoms with van der Waals surface area (Å²) in [4.78, 5) is 18.4. The number of Topliss-reactive ketones (excluding diaryl/α,β-unsaturated/α-hetero) is 1. The molecule has 0 unspecified atom stereocenters. The molecule has 0 aliphatic rings. The minimum absolute atomic E-state index is 0.0895. The smallest absolute Gasteiger partial charge is 0.261 e. The topological polar surface area (TPSA) is 91.9 Å². The van der Waals surface area contributed by atoms with E-state index in [0.717, 1.165) is 5.39 Å². The zero-order chi connectivity index (χ0) is 15.7. The number of hydrogen-bond donors (Lipinski definition) is 2. The van der Waals surface area contributed by atoms with Gasteiger partial charge in [-0.25, -0.2) is 13.4 Å². The van der Waals surface area contributed by atoms with Crippen LogP contribution >= 0.6 is 0 Å². The maximum Gasteiger partial charge on any atom is 0.261 e. The van der Waals surface area contributed by atoms with Crippen molar-refractivity contribution in [3.05, 3.63) is 54.4 Å². The fraction of sp³-hybridized carbons (Fsp3) is 0.0667. The van der Waals surface area contributed by atoms with Crippen molar-refractivity contribution >= 4 is 32.5 Å². The van der Waals surface area contributed by atoms with E-state index in [1.807, 2.05) is 6.07 Å². The van der Waals surface area contributed by atoms with Gasteiger partial charge >= 0.3 is 0 Å². The maximum absolute atomic E-state index is 12.3. The molecule has 0 radical (unpaired) electrons. The van der Waals surface area contributed by atoms with Gasteiger partial charge in [0.05, 0.1) is 16.8 Å². The zero-order valence-electron chi connectivity index (χ0n) is 11.7. The number of ketones is 1. The minimum atomic E-state index is -3.72. The lowest BCUT2D eigenvalue weighted by atomic mass is 10.2. The molecule has 1 aromatic carbocycles. The van der Waals surface area contributed by atoms with Crippen molar-refractivity contribution in [1.29, 1.82) is 0 Å². The van der Waals surface area contributed by atoms with E-state index < -0.39 is 10.0 Å². The number of carbonyl (C=O) groups excluding carboxylic acids is 1. The largest absolute Gasteiger partial charge is 0.346 e. The number of nitrogens with one attached hydrogen (secondary N) is 2. The number of fused-ring (bicyclic) bond motifs is 1. The first kappa shape index (κ1) is 14.3. The highest BCUT2D eigenvalue weighted by molar-refractivity contribution is 7.92. The highest BCUT2D eigenvalue weighted by atomic mass is 32.2. The molecule has 7 heteroatoms. The summed E-state index contributed by atoms with van der Waals surface area (Å²) < 4.78 is 27.1. The molecule has 3 aromatic rings. The summed E-state index contributed by atoms with van der Waals surface area (Å²) in [6, 6.07) is 9.29. The summed E-state index contributed by atoms with van der Waals surface area (Å²) in [5.74, 6) is -0.112. The number of pyridine rings is 1. The van der Waals surface area contributed by atoms with E-state index in [0.29, 0.717) is 16.9 Å². The Labute approximate surface area is 127 Å². The summed E-state index contributed by atoms with van der Waals surface area (Å²) >= 11 is 0. The second-order valence-electron chi connectivity index (χ2n) is 4.83. The molecule has 0 fully saturated rings. The fourth-order valence-corrected chi connectivity index (χ4v) is 3.11. The van der Waals surface area contributed by atoms with Crippen LogP contribution in [0.15, 0.2) is 53.7 Å². The van der Waals surface area contributed by atoms with Gasteiger partial charge in [0.25, 0.3) is 10.0 Å². The molecule has 0 bridgehead atoms. The van der Waals surface area contributed by atoms with Crippen molar-refractivity contribution in [1.82, 2.24) is 9.97 Å². The summed E-state index contributed by atoms with van der Waals surface area (Å²) in [7, 11) is -3.72. The molecule has 0 saturated carbocycles. The summed E-state index contributed by atoms with van der Waals surface area (Å²) in [5, 5.41) is 0.812. The number of rotatable bonds is 4. The first-order chi connectivity index (χ1) is 10.5. The van der Waals surface area contributed by atoms with Crippen molar-refractivity contribution in [2.45, 2.75) is 11.8 Å². The third kappa shape index (κ3) is 2.71. The van der Waals surface area contributed by atoms with Crippen molar-refractivity contribution in [2.75, 3.05) is 4.72 Å². The van der Waals surface area contributed by atoms with Crippen molar-refractivity contribution in [2.24, 2.45) is 0 Å². The van der Waals surface area contributed by atoms with E-state index in [9.17, 15) is 13.2 Å². The lowest BCUT2D eigenvalue weighted by Gasteiger charge is -2.08. The Kier molecular flexibility index (Phi) is 3.42. The van der Waals surface area contributed by atoms with E-state index in [1.165, 1.54) is 37.4 Å². The summed E-state index contributed by atoms with van der Waals surface area (Å²) in [6.45, 7) is 1.43. The number of anilines is 1. The molecule has 0 spiro atoms. The molecular formula is C15H13N3O3S. The number of benzene rings is 1. The van der Waals surface area contributed by atoms with Crippen LogP contribution in [0.4, 0.5) is 5.69 Å². The number of sulfonamides is 1. The van der Waals surface area contributed by atoms with Crippen molar-refractivity contribution < 1.29 is 13.2 Å². The molecule has 2 N–H and O–H groups in total. The molecule has 0 aliphatic carbocycles. The SMILES string of the molecule is CC(=O)c1ccc(S(=O)(=O)Nc2cnc3[nH]ccc3c2)cc1. The van der Waals surface area contributed by atoms with Gasteiger partial charge in [0.1, 0.15) is 5.65 Å². The molecule has 2 heterocycles. The normalized spacial score (nSPS) is 11.5. The van der Waals surface area contributed by atoms with Gasteiger partial charge in [-0.2, -0.15) is 0 Å². The van der Waals surface area contributed by atoms with Crippen LogP contribution in [0.25, 0.3) is 11.0 Å². The van der Waals surface area contributed by atoms with Gasteiger partial charge in [-0.3, -0.25) is 9.52 Å². The number of nitrogens with zero attached hydrogens (tertiary/aromatic N) is 1. The van der Waals surface area contributed by atoms with Crippen molar-refractivity contribution in [3.8, 4) is 0 Å². The van der Waals surface area contributed by atoms with E-state index in [2.05, 4.69) is 14.7 Å². The lowest BCUT2D eigenvalue weighted by Crippen LogP contribution is -2.13. The molecular weight excluding hydrogens is 302 g/mol. The standard InChI is InChI=1S/C15H13N3O3S/c1-10(19)11-2-4-14(5-3-11)22(20,21)18-13-8-12-6-7-16-15(12)17-9-13/h2-9,18H,1H3,(H,16,17). The van der Waals surface area contributed by atoms with Crippen LogP contribution in [-0.4, -0.2) is 24.2 Å². The highest BCUT2D eigenvalue weighted by Crippen LogP contribution is 2.19. The molecule has 0 aliphatic heterocycles. The Morgan fingerprint density at radius 3 is 2.59 bits per heavy atom. The summed E-state index contributed by atoms with van der Waals surface area (Å²) in [5.41, 5.74) is 1.53. The van der Waals surface area contributed by atoms with E-state index in [1.54, 1.807) is 12.3 Å². The van der Waals surface area contributed by atoms with Crippen LogP contribution in [-0.2, 0) is 10.0 Å². The Hall–Kier alpha value is -2.67. The molecule has 3 rings (SSSR count). The maximum atomic E-state index is 12.3. The fourth-order valence-electron chi connectivity index (χ4n) is 2.08. The third-order valence-corrected chi connectivity index (χ3v) is 4.62. The average molecular weight is 315 g/mol. The molecule has 22 heavy (non-hydrogen) atoms. The minimum Gasteiger partial charge on any atom is -0.346 e. The Balaban J connectivity index is 1.90. The van der Waals surface area contributed by atoms with Crippen molar-refractivity contribution in [3.63, 3.8) is 0 Å². The van der Waals surface area contributed by atoms with Gasteiger partial charge in [0.2, 0.25) is 0 Å². The molecule has 6 nitrogen and oxygen atoms in total. The second kappa shape index (κ2) is 5.27. The van der Waals surface area contributed by atoms with Crippen LogP contribution in [0.2, 0.25) is 0 Å². The Morgan fingerprint density at radius 1 is 1.18 bits per heavy atom. The average Bonchev–Trinajstić information content (AvgIpc) is 2.94. The molecule has 0 atom stereocenters. The molecule has 0 saturated heterocycles. The number of aromatic amines is 1. The second-order valence-corrected chi connectivity index (χ2v) is 6.51. The first-order valence-corrected chi connectivity index (χ1v) is 8.01. The highest BCUT2D eigenvalue weighted by Gasteiger charge is 2.15. The van der Waals surface area contributed by atoms with E-state index in [4.69, 9.17) is 0 Å². The lowest BCUT2D eigenvalue weighted by molar-refractivity contribution is 0.101. The molecule has 2 aromatic heterocycles. The van der Waals surface area contributed by atoms with Crippen LogP contribution in [0.5, 0.6) is 0 Å². The van der Waals surface area contributed by atoms with Gasteiger partial charge in [-0.1, -0.05) is 12.1 Å². The Bertz CT molecular complexity index is 944. The van der Waals surface area contributed by atoms with Gasteiger partial charge < -0.3 is 4.98 Å². The number of hydrogen-bond acceptors (Lipinski definition) is 4. The predicted molar refractivity (Wildman–Crippen MR) is 83.3 cm³/mol. The quantitative estimate of drug-likeness (QED) is 0.724. The first-order valence-electron chi connectivity index (χ1n) is 6.53. The number of carbonyl (C=O) groups is 1. The van der Waals surface area contributed by atoms with Crippen LogP contribution in [0.1, 0.15) is 17.3 Å². The summed E-state index contributed by atoms with van der Waals surface area (Å²) in [6.07, 6.45) is 3.18. The third-order valence-electron chi connectivity index (χ3n) is 3.22. The van der Waals surface area contributed by atoms with Gasteiger partial charge in [-0.15, -0.1) is 0 Å². The molecule has 0 amide bonds. The number of H-pyrrole nitrogens is 1. The predicted octanol–water partition coefficient (Wildman–Crippen LogP) is 2.57. The van der Waals surface area contributed by atoms with Gasteiger partial charge in [0, 0.05) is 17.1 Å². The van der Waals surface area contributed by atoms with Crippen LogP contribution in [0.3, 0.4) is 0 Å². The van der Waals surface area contributed by atoms with E-state index in [-0.39, 0.29) is 10.7 Å². The molecule has 112 valence electrons.